The van der Waals surface area contributed by atoms with Crippen LogP contribution >= 0.6 is 0 Å². The Balaban J connectivity index is 2.15. The average Bonchev–Trinajstić information content (AvgIpc) is 2.55. The number of esters is 1. The first-order valence-electron chi connectivity index (χ1n) is 6.95. The van der Waals surface area contributed by atoms with Gasteiger partial charge >= 0.3 is 11.7 Å². The number of hydrogen-bond donors (Lipinski definition) is 0. The van der Waals surface area contributed by atoms with Gasteiger partial charge in [-0.3, -0.25) is 13.9 Å². The highest BCUT2D eigenvalue weighted by atomic mass is 16.5. The first kappa shape index (κ1) is 16.7. The van der Waals surface area contributed by atoms with Crippen LogP contribution in [0.25, 0.3) is 0 Å². The molecule has 0 atom stereocenters. The smallest absolute Gasteiger partial charge is 0.338 e. The second kappa shape index (κ2) is 7.06. The van der Waals surface area contributed by atoms with Crippen LogP contribution < -0.4 is 11.2 Å². The van der Waals surface area contributed by atoms with E-state index in [1.54, 1.807) is 25.3 Å². The molecule has 0 amide bonds. The van der Waals surface area contributed by atoms with Crippen molar-refractivity contribution in [3.8, 4) is 0 Å². The van der Waals surface area contributed by atoms with Crippen LogP contribution in [0.4, 0.5) is 0 Å². The summed E-state index contributed by atoms with van der Waals surface area (Å²) in [5.41, 5.74) is 0.655. The lowest BCUT2D eigenvalue weighted by Crippen LogP contribution is -2.38. The lowest BCUT2D eigenvalue weighted by atomic mass is 10.1. The average molecular weight is 318 g/mol. The second-order valence-electron chi connectivity index (χ2n) is 5.08. The molecule has 0 spiro atoms. The number of rotatable bonds is 5. The van der Waals surface area contributed by atoms with Crippen LogP contribution in [0.3, 0.4) is 0 Å². The maximum atomic E-state index is 12.1. The maximum Gasteiger partial charge on any atom is 0.338 e. The maximum absolute atomic E-state index is 12.1. The molecular formula is C16H18N2O5. The summed E-state index contributed by atoms with van der Waals surface area (Å²) in [6.07, 6.45) is 0. The van der Waals surface area contributed by atoms with Crippen LogP contribution in [0.15, 0.2) is 39.9 Å². The minimum atomic E-state index is -0.531. The van der Waals surface area contributed by atoms with Crippen LogP contribution in [-0.2, 0) is 36.8 Å². The van der Waals surface area contributed by atoms with Gasteiger partial charge in [-0.05, 0) is 17.7 Å². The highest BCUT2D eigenvalue weighted by molar-refractivity contribution is 5.89. The SMILES string of the molecule is COCc1cccc(C(=O)OCc2cc(=O)n(C)c(=O)n2C)c1. The fraction of sp³-hybridized carbons (Fsp3) is 0.312. The first-order chi connectivity index (χ1) is 10.9. The highest BCUT2D eigenvalue weighted by Crippen LogP contribution is 2.09. The number of carbonyl (C=O) groups is 1. The fourth-order valence-electron chi connectivity index (χ4n) is 2.09. The molecular weight excluding hydrogens is 300 g/mol. The van der Waals surface area contributed by atoms with Crippen molar-refractivity contribution in [2.45, 2.75) is 13.2 Å². The number of ether oxygens (including phenoxy) is 2. The Morgan fingerprint density at radius 3 is 2.52 bits per heavy atom. The molecule has 1 heterocycles. The van der Waals surface area contributed by atoms with Crippen LogP contribution in [0.1, 0.15) is 21.6 Å². The Labute approximate surface area is 132 Å². The van der Waals surface area contributed by atoms with Crippen LogP contribution in [0.2, 0.25) is 0 Å². The monoisotopic (exact) mass is 318 g/mol. The van der Waals surface area contributed by atoms with Gasteiger partial charge in [-0.1, -0.05) is 12.1 Å². The minimum Gasteiger partial charge on any atom is -0.456 e. The zero-order chi connectivity index (χ0) is 17.0. The van der Waals surface area contributed by atoms with Crippen molar-refractivity contribution in [1.29, 1.82) is 0 Å². The molecule has 0 aliphatic rings. The molecule has 0 saturated carbocycles. The van der Waals surface area contributed by atoms with Gasteiger partial charge in [0.1, 0.15) is 6.61 Å². The molecule has 0 bridgehead atoms. The molecule has 0 aliphatic heterocycles. The molecule has 1 aromatic heterocycles. The molecule has 2 aromatic rings. The van der Waals surface area contributed by atoms with E-state index in [0.29, 0.717) is 17.9 Å². The zero-order valence-electron chi connectivity index (χ0n) is 13.2. The molecule has 0 saturated heterocycles. The fourth-order valence-corrected chi connectivity index (χ4v) is 2.09. The van der Waals surface area contributed by atoms with Gasteiger partial charge in [-0.25, -0.2) is 9.59 Å². The van der Waals surface area contributed by atoms with Gasteiger partial charge in [0, 0.05) is 27.3 Å². The topological polar surface area (TPSA) is 79.5 Å². The van der Waals surface area contributed by atoms with Crippen molar-refractivity contribution >= 4 is 5.97 Å². The van der Waals surface area contributed by atoms with Gasteiger partial charge in [0.15, 0.2) is 0 Å². The highest BCUT2D eigenvalue weighted by Gasteiger charge is 2.11. The van der Waals surface area contributed by atoms with E-state index in [1.165, 1.54) is 24.7 Å². The third-order valence-electron chi connectivity index (χ3n) is 3.45. The Morgan fingerprint density at radius 2 is 1.83 bits per heavy atom. The normalized spacial score (nSPS) is 10.6. The van der Waals surface area contributed by atoms with Gasteiger partial charge in [-0.2, -0.15) is 0 Å². The van der Waals surface area contributed by atoms with Gasteiger partial charge in [0.2, 0.25) is 0 Å². The van der Waals surface area contributed by atoms with Crippen molar-refractivity contribution in [3.05, 3.63) is 68.0 Å². The van der Waals surface area contributed by atoms with Crippen molar-refractivity contribution in [1.82, 2.24) is 9.13 Å². The molecule has 7 heteroatoms. The number of aromatic nitrogens is 2. The second-order valence-corrected chi connectivity index (χ2v) is 5.08. The number of benzene rings is 1. The number of carbonyl (C=O) groups excluding carboxylic acids is 1. The molecule has 0 unspecified atom stereocenters. The van der Waals surface area contributed by atoms with E-state index in [0.717, 1.165) is 10.1 Å². The lowest BCUT2D eigenvalue weighted by molar-refractivity contribution is 0.0462. The predicted molar refractivity (Wildman–Crippen MR) is 83.2 cm³/mol. The summed E-state index contributed by atoms with van der Waals surface area (Å²) >= 11 is 0. The van der Waals surface area contributed by atoms with Crippen molar-refractivity contribution in [2.24, 2.45) is 14.1 Å². The summed E-state index contributed by atoms with van der Waals surface area (Å²) in [7, 11) is 4.48. The molecule has 122 valence electrons. The van der Waals surface area contributed by atoms with Gasteiger partial charge in [0.05, 0.1) is 17.9 Å². The van der Waals surface area contributed by atoms with Crippen molar-refractivity contribution in [3.63, 3.8) is 0 Å². The summed E-state index contributed by atoms with van der Waals surface area (Å²) in [6.45, 7) is 0.236. The van der Waals surface area contributed by atoms with Crippen LogP contribution in [-0.4, -0.2) is 22.2 Å². The van der Waals surface area contributed by atoms with Crippen LogP contribution in [0.5, 0.6) is 0 Å². The number of hydrogen-bond acceptors (Lipinski definition) is 5. The number of nitrogens with zero attached hydrogens (tertiary/aromatic N) is 2. The molecule has 1 aromatic carbocycles. The molecule has 7 nitrogen and oxygen atoms in total. The standard InChI is InChI=1S/C16H18N2O5/c1-17-13(8-14(19)18(2)16(17)21)10-23-15(20)12-6-4-5-11(7-12)9-22-3/h4-8H,9-10H2,1-3H3. The van der Waals surface area contributed by atoms with E-state index >= 15 is 0 Å². The minimum absolute atomic E-state index is 0.158. The van der Waals surface area contributed by atoms with E-state index in [-0.39, 0.29) is 6.61 Å². The van der Waals surface area contributed by atoms with Crippen molar-refractivity contribution < 1.29 is 14.3 Å². The summed E-state index contributed by atoms with van der Waals surface area (Å²) in [4.78, 5) is 35.5. The Hall–Kier alpha value is -2.67. The molecule has 0 fully saturated rings. The first-order valence-corrected chi connectivity index (χ1v) is 6.95. The molecule has 2 rings (SSSR count). The summed E-state index contributed by atoms with van der Waals surface area (Å²) in [6, 6.07) is 8.15. The Bertz CT molecular complexity index is 835. The molecule has 23 heavy (non-hydrogen) atoms. The third kappa shape index (κ3) is 3.75. The predicted octanol–water partition coefficient (Wildman–Crippen LogP) is 0.587. The molecule has 0 radical (unpaired) electrons. The van der Waals surface area contributed by atoms with Crippen molar-refractivity contribution in [2.75, 3.05) is 7.11 Å². The van der Waals surface area contributed by atoms with Gasteiger partial charge in [-0.15, -0.1) is 0 Å². The lowest BCUT2D eigenvalue weighted by Gasteiger charge is -2.10. The van der Waals surface area contributed by atoms with E-state index in [1.807, 2.05) is 6.07 Å². The largest absolute Gasteiger partial charge is 0.456 e. The summed E-state index contributed by atoms with van der Waals surface area (Å²) in [5.74, 6) is -0.531. The molecule has 0 N–H and O–H groups in total. The van der Waals surface area contributed by atoms with E-state index in [4.69, 9.17) is 9.47 Å². The quantitative estimate of drug-likeness (QED) is 0.754. The molecule has 0 aliphatic carbocycles. The van der Waals surface area contributed by atoms with Crippen LogP contribution in [0, 0.1) is 0 Å². The van der Waals surface area contributed by atoms with Gasteiger partial charge in [0.25, 0.3) is 5.56 Å². The van der Waals surface area contributed by atoms with E-state index in [9.17, 15) is 14.4 Å². The summed E-state index contributed by atoms with van der Waals surface area (Å²) in [5, 5.41) is 0. The van der Waals surface area contributed by atoms with E-state index in [2.05, 4.69) is 0 Å². The Kier molecular flexibility index (Phi) is 5.13. The summed E-state index contributed by atoms with van der Waals surface area (Å²) < 4.78 is 12.5. The van der Waals surface area contributed by atoms with Gasteiger partial charge < -0.3 is 9.47 Å². The number of methoxy groups -OCH3 is 1. The zero-order valence-corrected chi connectivity index (χ0v) is 13.2. The third-order valence-corrected chi connectivity index (χ3v) is 3.45. The van der Waals surface area contributed by atoms with E-state index < -0.39 is 17.2 Å². The Morgan fingerprint density at radius 1 is 1.09 bits per heavy atom.